The Kier molecular flexibility index (Phi) is 3.78. The summed E-state index contributed by atoms with van der Waals surface area (Å²) in [6.45, 7) is 1.17. The second kappa shape index (κ2) is 5.60. The number of amides is 1. The highest BCUT2D eigenvalue weighted by Gasteiger charge is 2.28. The van der Waals surface area contributed by atoms with Crippen LogP contribution in [-0.4, -0.2) is 48.4 Å². The molecule has 1 fully saturated rings. The lowest BCUT2D eigenvalue weighted by atomic mass is 10.1. The maximum Gasteiger partial charge on any atom is 0.289 e. The predicted molar refractivity (Wildman–Crippen MR) is 78.2 cm³/mol. The average Bonchev–Trinajstić information content (AvgIpc) is 3.17. The molecule has 1 aliphatic rings. The molecule has 2 aromatic rings. The Labute approximate surface area is 128 Å². The number of hydrogen-bond donors (Lipinski definition) is 0. The molecule has 3 rings (SSSR count). The average molecular weight is 323 g/mol. The summed E-state index contributed by atoms with van der Waals surface area (Å²) < 4.78 is 29.9. The molecule has 0 aliphatic carbocycles. The first-order chi connectivity index (χ1) is 10.4. The second-order valence-corrected chi connectivity index (χ2v) is 7.37. The van der Waals surface area contributed by atoms with Gasteiger partial charge in [0.2, 0.25) is 14.9 Å². The summed E-state index contributed by atoms with van der Waals surface area (Å²) in [4.78, 5) is 14.1. The molecule has 7 nitrogen and oxygen atoms in total. The van der Waals surface area contributed by atoms with E-state index in [0.717, 1.165) is 19.1 Å². The SMILES string of the molecule is CS(=O)(=O)c1ccc(C(=O)N2CCCC(n3cccn3)C2)o1. The summed E-state index contributed by atoms with van der Waals surface area (Å²) in [5.41, 5.74) is 0. The van der Waals surface area contributed by atoms with Gasteiger partial charge in [-0.15, -0.1) is 0 Å². The van der Waals surface area contributed by atoms with Crippen molar-refractivity contribution in [2.45, 2.75) is 24.0 Å². The molecule has 1 amide bonds. The normalized spacial score (nSPS) is 19.3. The molecular formula is C14H17N3O4S. The van der Waals surface area contributed by atoms with E-state index in [2.05, 4.69) is 5.10 Å². The summed E-state index contributed by atoms with van der Waals surface area (Å²) in [6, 6.07) is 4.72. The van der Waals surface area contributed by atoms with Crippen LogP contribution in [-0.2, 0) is 9.84 Å². The Morgan fingerprint density at radius 1 is 1.41 bits per heavy atom. The van der Waals surface area contributed by atoms with Crippen LogP contribution in [0.1, 0.15) is 29.4 Å². The van der Waals surface area contributed by atoms with Crippen molar-refractivity contribution in [1.82, 2.24) is 14.7 Å². The molecule has 0 spiro atoms. The van der Waals surface area contributed by atoms with Gasteiger partial charge in [0.15, 0.2) is 5.76 Å². The number of rotatable bonds is 3. The van der Waals surface area contributed by atoms with E-state index in [-0.39, 0.29) is 22.8 Å². The Bertz CT molecular complexity index is 764. The van der Waals surface area contributed by atoms with Crippen LogP contribution in [0.25, 0.3) is 0 Å². The molecule has 0 bridgehead atoms. The Morgan fingerprint density at radius 3 is 2.86 bits per heavy atom. The molecule has 22 heavy (non-hydrogen) atoms. The molecule has 0 saturated carbocycles. The van der Waals surface area contributed by atoms with E-state index in [1.807, 2.05) is 16.9 Å². The molecule has 2 aromatic heterocycles. The first-order valence-corrected chi connectivity index (χ1v) is 8.92. The molecule has 8 heteroatoms. The van der Waals surface area contributed by atoms with Crippen LogP contribution in [0.2, 0.25) is 0 Å². The second-order valence-electron chi connectivity index (χ2n) is 5.42. The van der Waals surface area contributed by atoms with Crippen molar-refractivity contribution in [3.8, 4) is 0 Å². The van der Waals surface area contributed by atoms with E-state index < -0.39 is 9.84 Å². The number of nitrogens with zero attached hydrogens (tertiary/aromatic N) is 3. The van der Waals surface area contributed by atoms with Gasteiger partial charge in [-0.05, 0) is 31.0 Å². The van der Waals surface area contributed by atoms with Gasteiger partial charge >= 0.3 is 0 Å². The van der Waals surface area contributed by atoms with Crippen molar-refractivity contribution < 1.29 is 17.6 Å². The topological polar surface area (TPSA) is 85.4 Å². The third-order valence-electron chi connectivity index (χ3n) is 3.74. The first kappa shape index (κ1) is 14.8. The van der Waals surface area contributed by atoms with Crippen LogP contribution in [0.3, 0.4) is 0 Å². The fourth-order valence-corrected chi connectivity index (χ4v) is 3.20. The van der Waals surface area contributed by atoms with Gasteiger partial charge in [-0.25, -0.2) is 8.42 Å². The van der Waals surface area contributed by atoms with E-state index in [1.165, 1.54) is 12.1 Å². The minimum atomic E-state index is -3.44. The number of carbonyl (C=O) groups is 1. The summed E-state index contributed by atoms with van der Waals surface area (Å²) in [6.07, 6.45) is 6.47. The third kappa shape index (κ3) is 2.92. The number of furan rings is 1. The summed E-state index contributed by atoms with van der Waals surface area (Å²) in [7, 11) is -3.44. The highest BCUT2D eigenvalue weighted by molar-refractivity contribution is 7.90. The lowest BCUT2D eigenvalue weighted by Crippen LogP contribution is -2.40. The molecule has 1 aliphatic heterocycles. The van der Waals surface area contributed by atoms with Crippen LogP contribution >= 0.6 is 0 Å². The maximum absolute atomic E-state index is 12.5. The van der Waals surface area contributed by atoms with Crippen LogP contribution in [0.5, 0.6) is 0 Å². The highest BCUT2D eigenvalue weighted by atomic mass is 32.2. The first-order valence-electron chi connectivity index (χ1n) is 7.03. The van der Waals surface area contributed by atoms with E-state index in [4.69, 9.17) is 4.42 Å². The number of hydrogen-bond acceptors (Lipinski definition) is 5. The number of likely N-dealkylation sites (tertiary alicyclic amines) is 1. The number of piperidine rings is 1. The smallest absolute Gasteiger partial charge is 0.289 e. The van der Waals surface area contributed by atoms with Gasteiger partial charge < -0.3 is 9.32 Å². The van der Waals surface area contributed by atoms with Gasteiger partial charge in [-0.2, -0.15) is 5.10 Å². The van der Waals surface area contributed by atoms with Crippen molar-refractivity contribution in [1.29, 1.82) is 0 Å². The van der Waals surface area contributed by atoms with Gasteiger partial charge in [0.1, 0.15) is 0 Å². The van der Waals surface area contributed by atoms with Gasteiger partial charge in [0.25, 0.3) is 5.91 Å². The summed E-state index contributed by atoms with van der Waals surface area (Å²) >= 11 is 0. The molecule has 1 saturated heterocycles. The van der Waals surface area contributed by atoms with E-state index >= 15 is 0 Å². The lowest BCUT2D eigenvalue weighted by Gasteiger charge is -2.32. The molecule has 118 valence electrons. The highest BCUT2D eigenvalue weighted by Crippen LogP contribution is 2.23. The Hall–Kier alpha value is -2.09. The van der Waals surface area contributed by atoms with Crippen molar-refractivity contribution in [3.05, 3.63) is 36.4 Å². The zero-order valence-electron chi connectivity index (χ0n) is 12.2. The molecule has 0 aromatic carbocycles. The summed E-state index contributed by atoms with van der Waals surface area (Å²) in [5.74, 6) is -0.228. The van der Waals surface area contributed by atoms with Gasteiger partial charge in [-0.3, -0.25) is 9.48 Å². The standard InChI is InChI=1S/C14H17N3O4S/c1-22(19,20)13-6-5-12(21-13)14(18)16-8-2-4-11(10-16)17-9-3-7-15-17/h3,5-7,9,11H,2,4,8,10H2,1H3. The quantitative estimate of drug-likeness (QED) is 0.851. The summed E-state index contributed by atoms with van der Waals surface area (Å²) in [5, 5.41) is 4.03. The number of carbonyl (C=O) groups excluding carboxylic acids is 1. The molecule has 1 unspecified atom stereocenters. The molecular weight excluding hydrogens is 306 g/mol. The van der Waals surface area contributed by atoms with Crippen molar-refractivity contribution in [2.24, 2.45) is 0 Å². The van der Waals surface area contributed by atoms with E-state index in [0.29, 0.717) is 13.1 Å². The Balaban J connectivity index is 1.76. The number of sulfone groups is 1. The monoisotopic (exact) mass is 323 g/mol. The van der Waals surface area contributed by atoms with Crippen molar-refractivity contribution in [3.63, 3.8) is 0 Å². The lowest BCUT2D eigenvalue weighted by molar-refractivity contribution is 0.0635. The minimum Gasteiger partial charge on any atom is -0.440 e. The molecule has 3 heterocycles. The zero-order chi connectivity index (χ0) is 15.7. The van der Waals surface area contributed by atoms with Gasteiger partial charge in [-0.1, -0.05) is 0 Å². The maximum atomic E-state index is 12.5. The van der Waals surface area contributed by atoms with Gasteiger partial charge in [0, 0.05) is 31.7 Å². The number of aromatic nitrogens is 2. The van der Waals surface area contributed by atoms with Crippen LogP contribution < -0.4 is 0 Å². The Morgan fingerprint density at radius 2 is 2.23 bits per heavy atom. The van der Waals surface area contributed by atoms with Crippen molar-refractivity contribution in [2.75, 3.05) is 19.3 Å². The van der Waals surface area contributed by atoms with Crippen LogP contribution in [0.15, 0.2) is 40.1 Å². The van der Waals surface area contributed by atoms with Gasteiger partial charge in [0.05, 0.1) is 6.04 Å². The van der Waals surface area contributed by atoms with Crippen LogP contribution in [0, 0.1) is 0 Å². The molecule has 0 radical (unpaired) electrons. The minimum absolute atomic E-state index is 0.0570. The van der Waals surface area contributed by atoms with E-state index in [9.17, 15) is 13.2 Å². The van der Waals surface area contributed by atoms with Crippen LogP contribution in [0.4, 0.5) is 0 Å². The molecule has 0 N–H and O–H groups in total. The zero-order valence-corrected chi connectivity index (χ0v) is 13.0. The van der Waals surface area contributed by atoms with E-state index in [1.54, 1.807) is 11.1 Å². The largest absolute Gasteiger partial charge is 0.440 e. The predicted octanol–water partition coefficient (Wildman–Crippen LogP) is 1.36. The fraction of sp³-hybridized carbons (Fsp3) is 0.429. The fourth-order valence-electron chi connectivity index (χ4n) is 2.64. The third-order valence-corrected chi connectivity index (χ3v) is 4.69. The van der Waals surface area contributed by atoms with Crippen molar-refractivity contribution >= 4 is 15.7 Å². The molecule has 1 atom stereocenters.